The molecule has 1 aliphatic carbocycles. The number of rotatable bonds is 2. The standard InChI is InChI=1S/C15H11ClN6/c16-9-3-1-8(2-4-9)10-5-11(10)14-19-15-12-6-18-20-13(12)17-7-22(15)21-14/h1-4,6-7,10-11H,5H2,(H,18,20). The number of hydrogen-bond donors (Lipinski definition) is 1. The van der Waals surface area contributed by atoms with Crippen LogP contribution in [0.5, 0.6) is 0 Å². The van der Waals surface area contributed by atoms with Gasteiger partial charge in [-0.1, -0.05) is 23.7 Å². The highest BCUT2D eigenvalue weighted by Crippen LogP contribution is 2.53. The summed E-state index contributed by atoms with van der Waals surface area (Å²) in [6.45, 7) is 0. The molecule has 108 valence electrons. The Hall–Kier alpha value is -2.47. The van der Waals surface area contributed by atoms with E-state index in [-0.39, 0.29) is 0 Å². The second-order valence-corrected chi connectivity index (χ2v) is 6.05. The first-order valence-corrected chi connectivity index (χ1v) is 7.47. The van der Waals surface area contributed by atoms with E-state index in [9.17, 15) is 0 Å². The highest BCUT2D eigenvalue weighted by molar-refractivity contribution is 6.30. The molecule has 1 aromatic carbocycles. The van der Waals surface area contributed by atoms with Crippen LogP contribution in [0, 0.1) is 0 Å². The molecule has 6 nitrogen and oxygen atoms in total. The molecule has 22 heavy (non-hydrogen) atoms. The highest BCUT2D eigenvalue weighted by atomic mass is 35.5. The van der Waals surface area contributed by atoms with Crippen molar-refractivity contribution in [2.75, 3.05) is 0 Å². The third-order valence-electron chi connectivity index (χ3n) is 4.22. The van der Waals surface area contributed by atoms with Gasteiger partial charge in [-0.25, -0.2) is 14.5 Å². The van der Waals surface area contributed by atoms with Gasteiger partial charge < -0.3 is 0 Å². The van der Waals surface area contributed by atoms with Crippen molar-refractivity contribution < 1.29 is 0 Å². The minimum Gasteiger partial charge on any atom is -0.261 e. The smallest absolute Gasteiger partial charge is 0.170 e. The van der Waals surface area contributed by atoms with Gasteiger partial charge in [0.15, 0.2) is 17.1 Å². The van der Waals surface area contributed by atoms with Crippen LogP contribution in [0.3, 0.4) is 0 Å². The second-order valence-electron chi connectivity index (χ2n) is 5.62. The molecule has 4 aromatic rings. The second kappa shape index (κ2) is 4.27. The van der Waals surface area contributed by atoms with Gasteiger partial charge in [-0.05, 0) is 30.0 Å². The Kier molecular flexibility index (Phi) is 2.35. The van der Waals surface area contributed by atoms with Gasteiger partial charge >= 0.3 is 0 Å². The van der Waals surface area contributed by atoms with Gasteiger partial charge in [0.25, 0.3) is 0 Å². The Morgan fingerprint density at radius 3 is 2.91 bits per heavy atom. The monoisotopic (exact) mass is 310 g/mol. The largest absolute Gasteiger partial charge is 0.261 e. The minimum absolute atomic E-state index is 0.364. The summed E-state index contributed by atoms with van der Waals surface area (Å²) in [6.07, 6.45) is 4.48. The third kappa shape index (κ3) is 1.74. The van der Waals surface area contributed by atoms with E-state index in [1.165, 1.54) is 5.56 Å². The number of aromatic amines is 1. The number of hydrogen-bond acceptors (Lipinski definition) is 4. The summed E-state index contributed by atoms with van der Waals surface area (Å²) >= 11 is 5.94. The number of fused-ring (bicyclic) bond motifs is 3. The molecule has 2 unspecified atom stereocenters. The first kappa shape index (κ1) is 12.1. The van der Waals surface area contributed by atoms with Crippen LogP contribution < -0.4 is 0 Å². The number of aromatic nitrogens is 6. The summed E-state index contributed by atoms with van der Waals surface area (Å²) < 4.78 is 1.73. The zero-order chi connectivity index (χ0) is 14.7. The quantitative estimate of drug-likeness (QED) is 0.618. The molecule has 0 radical (unpaired) electrons. The van der Waals surface area contributed by atoms with E-state index in [4.69, 9.17) is 16.6 Å². The van der Waals surface area contributed by atoms with E-state index >= 15 is 0 Å². The number of nitrogens with zero attached hydrogens (tertiary/aromatic N) is 5. The van der Waals surface area contributed by atoms with Crippen LogP contribution in [0.15, 0.2) is 36.8 Å². The molecule has 3 aromatic heterocycles. The molecule has 1 fully saturated rings. The van der Waals surface area contributed by atoms with Crippen molar-refractivity contribution in [3.63, 3.8) is 0 Å². The van der Waals surface area contributed by atoms with Crippen molar-refractivity contribution in [1.82, 2.24) is 29.8 Å². The Labute approximate surface area is 130 Å². The van der Waals surface area contributed by atoms with Crippen molar-refractivity contribution in [3.05, 3.63) is 53.2 Å². The van der Waals surface area contributed by atoms with E-state index in [0.717, 1.165) is 33.9 Å². The van der Waals surface area contributed by atoms with Crippen LogP contribution in [-0.2, 0) is 0 Å². The van der Waals surface area contributed by atoms with Crippen LogP contribution in [0.2, 0.25) is 5.02 Å². The molecule has 0 bridgehead atoms. The molecule has 1 N–H and O–H groups in total. The SMILES string of the molecule is Clc1ccc(C2CC2c2nc3c4cn[nH]c4ncn3n2)cc1. The average Bonchev–Trinajstić information content (AvgIpc) is 2.98. The van der Waals surface area contributed by atoms with Crippen molar-refractivity contribution in [2.24, 2.45) is 0 Å². The molecule has 1 aliphatic rings. The topological polar surface area (TPSA) is 71.8 Å². The summed E-state index contributed by atoms with van der Waals surface area (Å²) in [7, 11) is 0. The molecule has 5 rings (SSSR count). The predicted octanol–water partition coefficient (Wildman–Crippen LogP) is 2.93. The number of H-pyrrole nitrogens is 1. The van der Waals surface area contributed by atoms with Crippen LogP contribution in [0.1, 0.15) is 29.6 Å². The van der Waals surface area contributed by atoms with E-state index in [0.29, 0.717) is 11.8 Å². The predicted molar refractivity (Wildman–Crippen MR) is 82.0 cm³/mol. The van der Waals surface area contributed by atoms with Gasteiger partial charge in [0, 0.05) is 10.9 Å². The van der Waals surface area contributed by atoms with Crippen LogP contribution in [0.25, 0.3) is 16.7 Å². The molecule has 2 atom stereocenters. The number of nitrogens with one attached hydrogen (secondary N) is 1. The zero-order valence-corrected chi connectivity index (χ0v) is 12.2. The first-order valence-electron chi connectivity index (χ1n) is 7.09. The number of benzene rings is 1. The maximum Gasteiger partial charge on any atom is 0.170 e. The Bertz CT molecular complexity index is 986. The lowest BCUT2D eigenvalue weighted by molar-refractivity contribution is 0.849. The summed E-state index contributed by atoms with van der Waals surface area (Å²) in [6, 6.07) is 8.03. The van der Waals surface area contributed by atoms with Gasteiger partial charge in [-0.2, -0.15) is 5.10 Å². The summed E-state index contributed by atoms with van der Waals surface area (Å²) in [5, 5.41) is 13.1. The maximum atomic E-state index is 5.94. The molecule has 0 amide bonds. The molecule has 3 heterocycles. The van der Waals surface area contributed by atoms with Gasteiger partial charge in [0.1, 0.15) is 6.33 Å². The van der Waals surface area contributed by atoms with Gasteiger partial charge in [0.2, 0.25) is 0 Å². The van der Waals surface area contributed by atoms with Crippen molar-refractivity contribution in [3.8, 4) is 0 Å². The highest BCUT2D eigenvalue weighted by Gasteiger charge is 2.42. The number of halogens is 1. The summed E-state index contributed by atoms with van der Waals surface area (Å²) in [4.78, 5) is 8.97. The molecular formula is C15H11ClN6. The van der Waals surface area contributed by atoms with Crippen LogP contribution in [0.4, 0.5) is 0 Å². The normalized spacial score (nSPS) is 20.8. The fourth-order valence-electron chi connectivity index (χ4n) is 2.97. The van der Waals surface area contributed by atoms with E-state index in [1.54, 1.807) is 17.0 Å². The summed E-state index contributed by atoms with van der Waals surface area (Å²) in [5.74, 6) is 1.71. The average molecular weight is 311 g/mol. The van der Waals surface area contributed by atoms with E-state index in [1.807, 2.05) is 12.1 Å². The van der Waals surface area contributed by atoms with Crippen LogP contribution in [-0.4, -0.2) is 29.8 Å². The lowest BCUT2D eigenvalue weighted by atomic mass is 10.1. The Morgan fingerprint density at radius 2 is 2.05 bits per heavy atom. The molecule has 7 heteroatoms. The molecule has 0 aliphatic heterocycles. The Morgan fingerprint density at radius 1 is 1.18 bits per heavy atom. The summed E-state index contributed by atoms with van der Waals surface area (Å²) in [5.41, 5.74) is 2.83. The lowest BCUT2D eigenvalue weighted by Crippen LogP contribution is -1.91. The van der Waals surface area contributed by atoms with E-state index < -0.39 is 0 Å². The molecule has 0 saturated heterocycles. The van der Waals surface area contributed by atoms with Crippen molar-refractivity contribution in [2.45, 2.75) is 18.3 Å². The minimum atomic E-state index is 0.364. The van der Waals surface area contributed by atoms with Gasteiger partial charge in [0.05, 0.1) is 11.6 Å². The third-order valence-corrected chi connectivity index (χ3v) is 4.48. The van der Waals surface area contributed by atoms with Crippen molar-refractivity contribution in [1.29, 1.82) is 0 Å². The van der Waals surface area contributed by atoms with Gasteiger partial charge in [-0.15, -0.1) is 5.10 Å². The fourth-order valence-corrected chi connectivity index (χ4v) is 3.10. The van der Waals surface area contributed by atoms with Crippen LogP contribution >= 0.6 is 11.6 Å². The zero-order valence-electron chi connectivity index (χ0n) is 11.4. The first-order chi connectivity index (χ1) is 10.8. The lowest BCUT2D eigenvalue weighted by Gasteiger charge is -1.98. The molecular weight excluding hydrogens is 300 g/mol. The fraction of sp³-hybridized carbons (Fsp3) is 0.200. The maximum absolute atomic E-state index is 5.94. The van der Waals surface area contributed by atoms with E-state index in [2.05, 4.69) is 32.4 Å². The molecule has 0 spiro atoms. The van der Waals surface area contributed by atoms with Gasteiger partial charge in [-0.3, -0.25) is 5.10 Å². The Balaban J connectivity index is 1.53. The van der Waals surface area contributed by atoms with Crippen molar-refractivity contribution >= 4 is 28.3 Å². The molecule has 1 saturated carbocycles.